The molecule has 9 heteroatoms. The molecular weight excluding hydrogens is 406 g/mol. The van der Waals surface area contributed by atoms with Gasteiger partial charge in [0.2, 0.25) is 15.8 Å². The summed E-state index contributed by atoms with van der Waals surface area (Å²) in [5.74, 6) is 0.617. The lowest BCUT2D eigenvalue weighted by Crippen LogP contribution is -2.53. The number of amides is 1. The van der Waals surface area contributed by atoms with Crippen molar-refractivity contribution in [2.45, 2.75) is 31.6 Å². The number of carbonyl (C=O) groups is 1. The standard InChI is InChI=1S/C21H27N3O5S/c1-16(2)13-24-14-21(15-28-17-5-3-4-6-19(17)30(24,26)27)8-11-23(12-9-21)20(25)18-7-10-22-29-18/h3-7,10,16H,8-9,11-15H2,1-2H3. The van der Waals surface area contributed by atoms with Gasteiger partial charge in [0.15, 0.2) is 0 Å². The average Bonchev–Trinajstić information content (AvgIpc) is 3.26. The Balaban J connectivity index is 1.60. The Labute approximate surface area is 176 Å². The van der Waals surface area contributed by atoms with E-state index in [2.05, 4.69) is 5.16 Å². The number of sulfonamides is 1. The van der Waals surface area contributed by atoms with Crippen molar-refractivity contribution in [3.63, 3.8) is 0 Å². The predicted molar refractivity (Wildman–Crippen MR) is 110 cm³/mol. The lowest BCUT2D eigenvalue weighted by Gasteiger charge is -2.45. The van der Waals surface area contributed by atoms with Gasteiger partial charge in [-0.05, 0) is 30.9 Å². The lowest BCUT2D eigenvalue weighted by atomic mass is 9.78. The van der Waals surface area contributed by atoms with Crippen LogP contribution in [0.4, 0.5) is 0 Å². The summed E-state index contributed by atoms with van der Waals surface area (Å²) in [6, 6.07) is 8.38. The van der Waals surface area contributed by atoms with Gasteiger partial charge in [-0.3, -0.25) is 4.79 Å². The summed E-state index contributed by atoms with van der Waals surface area (Å²) in [5, 5.41) is 3.60. The number of fused-ring (bicyclic) bond motifs is 1. The number of para-hydroxylation sites is 1. The zero-order chi connectivity index (χ0) is 21.4. The van der Waals surface area contributed by atoms with Crippen LogP contribution in [-0.4, -0.2) is 61.5 Å². The molecule has 1 aromatic heterocycles. The fourth-order valence-electron chi connectivity index (χ4n) is 4.20. The van der Waals surface area contributed by atoms with Crippen LogP contribution < -0.4 is 4.74 Å². The van der Waals surface area contributed by atoms with Gasteiger partial charge in [0.05, 0.1) is 12.8 Å². The maximum absolute atomic E-state index is 13.4. The van der Waals surface area contributed by atoms with E-state index in [0.717, 1.165) is 0 Å². The topological polar surface area (TPSA) is 92.9 Å². The molecule has 3 heterocycles. The van der Waals surface area contributed by atoms with Crippen LogP contribution >= 0.6 is 0 Å². The average molecular weight is 434 g/mol. The van der Waals surface area contributed by atoms with Crippen LogP contribution in [0.3, 0.4) is 0 Å². The van der Waals surface area contributed by atoms with Gasteiger partial charge in [-0.1, -0.05) is 31.1 Å². The minimum atomic E-state index is -3.67. The van der Waals surface area contributed by atoms with E-state index in [1.807, 2.05) is 13.8 Å². The Morgan fingerprint density at radius 3 is 2.60 bits per heavy atom. The zero-order valence-electron chi connectivity index (χ0n) is 17.3. The first-order valence-electron chi connectivity index (χ1n) is 10.2. The number of piperidine rings is 1. The van der Waals surface area contributed by atoms with Crippen molar-refractivity contribution >= 4 is 15.9 Å². The van der Waals surface area contributed by atoms with Gasteiger partial charge in [0.1, 0.15) is 10.6 Å². The number of benzene rings is 1. The summed E-state index contributed by atoms with van der Waals surface area (Å²) >= 11 is 0. The van der Waals surface area contributed by atoms with Crippen LogP contribution in [-0.2, 0) is 10.0 Å². The Bertz CT molecular complexity index is 995. The third-order valence-corrected chi connectivity index (χ3v) is 7.69. The molecule has 0 radical (unpaired) electrons. The van der Waals surface area contributed by atoms with Gasteiger partial charge >= 0.3 is 0 Å². The van der Waals surface area contributed by atoms with Crippen molar-refractivity contribution in [1.29, 1.82) is 0 Å². The minimum Gasteiger partial charge on any atom is -0.492 e. The predicted octanol–water partition coefficient (Wildman–Crippen LogP) is 2.64. The van der Waals surface area contributed by atoms with E-state index in [-0.39, 0.29) is 27.9 Å². The van der Waals surface area contributed by atoms with Gasteiger partial charge in [-0.25, -0.2) is 8.42 Å². The maximum atomic E-state index is 13.4. The van der Waals surface area contributed by atoms with E-state index >= 15 is 0 Å². The Kier molecular flexibility index (Phi) is 5.59. The van der Waals surface area contributed by atoms with Crippen molar-refractivity contribution in [1.82, 2.24) is 14.4 Å². The molecule has 2 aromatic rings. The molecule has 8 nitrogen and oxygen atoms in total. The highest BCUT2D eigenvalue weighted by atomic mass is 32.2. The second-order valence-electron chi connectivity index (χ2n) is 8.60. The van der Waals surface area contributed by atoms with Crippen molar-refractivity contribution in [3.05, 3.63) is 42.3 Å². The van der Waals surface area contributed by atoms with Crippen LogP contribution in [0.25, 0.3) is 0 Å². The number of aromatic nitrogens is 1. The second-order valence-corrected chi connectivity index (χ2v) is 10.5. The van der Waals surface area contributed by atoms with E-state index in [4.69, 9.17) is 9.26 Å². The number of rotatable bonds is 3. The van der Waals surface area contributed by atoms with Gasteiger partial charge < -0.3 is 14.2 Å². The molecule has 1 fully saturated rings. The van der Waals surface area contributed by atoms with E-state index < -0.39 is 10.0 Å². The van der Waals surface area contributed by atoms with E-state index in [1.54, 1.807) is 39.5 Å². The summed E-state index contributed by atoms with van der Waals surface area (Å²) in [7, 11) is -3.67. The third kappa shape index (κ3) is 3.96. The molecule has 0 saturated carbocycles. The molecule has 0 bridgehead atoms. The highest BCUT2D eigenvalue weighted by Gasteiger charge is 2.43. The molecule has 0 unspecified atom stereocenters. The molecule has 162 valence electrons. The molecule has 30 heavy (non-hydrogen) atoms. The van der Waals surface area contributed by atoms with Crippen LogP contribution in [0, 0.1) is 11.3 Å². The quantitative estimate of drug-likeness (QED) is 0.739. The number of nitrogens with zero attached hydrogens (tertiary/aromatic N) is 3. The van der Waals surface area contributed by atoms with Crippen LogP contribution in [0.15, 0.2) is 45.9 Å². The van der Waals surface area contributed by atoms with E-state index in [1.165, 1.54) is 6.20 Å². The number of likely N-dealkylation sites (tertiary alicyclic amines) is 1. The normalized spacial score (nSPS) is 21.0. The molecule has 1 saturated heterocycles. The highest BCUT2D eigenvalue weighted by molar-refractivity contribution is 7.89. The number of hydrogen-bond donors (Lipinski definition) is 0. The molecule has 4 rings (SSSR count). The molecule has 0 atom stereocenters. The zero-order valence-corrected chi connectivity index (χ0v) is 18.1. The van der Waals surface area contributed by atoms with Crippen molar-refractivity contribution in [2.75, 3.05) is 32.8 Å². The molecule has 1 spiro atoms. The van der Waals surface area contributed by atoms with E-state index in [0.29, 0.717) is 51.4 Å². The fraction of sp³-hybridized carbons (Fsp3) is 0.524. The van der Waals surface area contributed by atoms with Gasteiger partial charge in [-0.2, -0.15) is 4.31 Å². The molecule has 2 aliphatic rings. The number of ether oxygens (including phenoxy) is 1. The van der Waals surface area contributed by atoms with Gasteiger partial charge in [-0.15, -0.1) is 0 Å². The Morgan fingerprint density at radius 1 is 1.20 bits per heavy atom. The molecule has 1 amide bonds. The lowest BCUT2D eigenvalue weighted by molar-refractivity contribution is 0.0270. The largest absolute Gasteiger partial charge is 0.492 e. The van der Waals surface area contributed by atoms with Crippen LogP contribution in [0.2, 0.25) is 0 Å². The first-order chi connectivity index (χ1) is 14.3. The second kappa shape index (κ2) is 8.03. The summed E-state index contributed by atoms with van der Waals surface area (Å²) in [6.45, 7) is 6.30. The summed E-state index contributed by atoms with van der Waals surface area (Å²) in [4.78, 5) is 14.5. The maximum Gasteiger partial charge on any atom is 0.292 e. The smallest absolute Gasteiger partial charge is 0.292 e. The van der Waals surface area contributed by atoms with Crippen LogP contribution in [0.5, 0.6) is 5.75 Å². The summed E-state index contributed by atoms with van der Waals surface area (Å²) in [5.41, 5.74) is -0.353. The van der Waals surface area contributed by atoms with Gasteiger partial charge in [0, 0.05) is 37.7 Å². The summed E-state index contributed by atoms with van der Waals surface area (Å²) in [6.07, 6.45) is 2.76. The van der Waals surface area contributed by atoms with E-state index in [9.17, 15) is 13.2 Å². The molecule has 0 N–H and O–H groups in total. The third-order valence-electron chi connectivity index (χ3n) is 5.84. The molecular formula is C21H27N3O5S. The number of hydrogen-bond acceptors (Lipinski definition) is 6. The SMILES string of the molecule is CC(C)CN1CC2(CCN(C(=O)c3ccno3)CC2)COc2ccccc2S1(=O)=O. The van der Waals surface area contributed by atoms with Gasteiger partial charge in [0.25, 0.3) is 5.91 Å². The Morgan fingerprint density at radius 2 is 1.93 bits per heavy atom. The highest BCUT2D eigenvalue weighted by Crippen LogP contribution is 2.39. The Hall–Kier alpha value is -2.39. The van der Waals surface area contributed by atoms with Crippen LogP contribution in [0.1, 0.15) is 37.2 Å². The molecule has 1 aromatic carbocycles. The van der Waals surface area contributed by atoms with Crippen molar-refractivity contribution in [2.24, 2.45) is 11.3 Å². The fourth-order valence-corrected chi connectivity index (χ4v) is 6.04. The first kappa shape index (κ1) is 20.9. The first-order valence-corrected chi connectivity index (χ1v) is 11.7. The number of carbonyl (C=O) groups excluding carboxylic acids is 1. The van der Waals surface area contributed by atoms with Crippen molar-refractivity contribution < 1.29 is 22.5 Å². The summed E-state index contributed by atoms with van der Waals surface area (Å²) < 4.78 is 39.5. The molecule has 2 aliphatic heterocycles. The minimum absolute atomic E-state index is 0.189. The van der Waals surface area contributed by atoms with Crippen molar-refractivity contribution in [3.8, 4) is 5.75 Å². The monoisotopic (exact) mass is 433 g/mol. The molecule has 0 aliphatic carbocycles.